The molecule has 0 aliphatic rings. The number of ketones is 1. The van der Waals surface area contributed by atoms with E-state index in [4.69, 9.17) is 11.6 Å². The van der Waals surface area contributed by atoms with E-state index in [1.165, 1.54) is 6.07 Å². The van der Waals surface area contributed by atoms with Gasteiger partial charge in [-0.2, -0.15) is 0 Å². The first-order valence-corrected chi connectivity index (χ1v) is 5.47. The summed E-state index contributed by atoms with van der Waals surface area (Å²) < 4.78 is 39.5. The molecule has 16 heavy (non-hydrogen) atoms. The topological polar surface area (TPSA) is 26.3 Å². The van der Waals surface area contributed by atoms with Crippen LogP contribution in [0.15, 0.2) is 18.2 Å². The lowest BCUT2D eigenvalue weighted by Crippen LogP contribution is -2.17. The lowest BCUT2D eigenvalue weighted by Gasteiger charge is -2.10. The van der Waals surface area contributed by atoms with Gasteiger partial charge in [-0.15, -0.1) is 13.2 Å². The van der Waals surface area contributed by atoms with E-state index in [0.717, 1.165) is 12.1 Å². The molecule has 0 spiro atoms. The Balaban J connectivity index is 3.03. The van der Waals surface area contributed by atoms with Crippen molar-refractivity contribution in [1.29, 1.82) is 0 Å². The molecule has 1 rings (SSSR count). The van der Waals surface area contributed by atoms with Crippen LogP contribution in [0.4, 0.5) is 13.2 Å². The Morgan fingerprint density at radius 1 is 1.38 bits per heavy atom. The van der Waals surface area contributed by atoms with Crippen molar-refractivity contribution in [2.24, 2.45) is 0 Å². The van der Waals surface area contributed by atoms with Crippen molar-refractivity contribution in [2.75, 3.05) is 5.33 Å². The summed E-state index contributed by atoms with van der Waals surface area (Å²) in [6.45, 7) is 0. The summed E-state index contributed by atoms with van der Waals surface area (Å²) in [5.41, 5.74) is 0.0589. The molecule has 0 saturated heterocycles. The van der Waals surface area contributed by atoms with Crippen LogP contribution in [-0.2, 0) is 0 Å². The second-order valence-electron chi connectivity index (χ2n) is 2.78. The summed E-state index contributed by atoms with van der Waals surface area (Å²) in [7, 11) is 0. The summed E-state index contributed by atoms with van der Waals surface area (Å²) >= 11 is 8.47. The number of hydrogen-bond acceptors (Lipinski definition) is 2. The number of Topliss-reactive ketones (excluding diaryl/α,β-unsaturated/α-hetero) is 1. The van der Waals surface area contributed by atoms with E-state index in [9.17, 15) is 18.0 Å². The minimum absolute atomic E-state index is 0.00119. The lowest BCUT2D eigenvalue weighted by atomic mass is 10.1. The molecule has 0 amide bonds. The van der Waals surface area contributed by atoms with Crippen molar-refractivity contribution < 1.29 is 22.7 Å². The van der Waals surface area contributed by atoms with Gasteiger partial charge in [0.2, 0.25) is 0 Å². The molecule has 0 N–H and O–H groups in total. The molecule has 0 fully saturated rings. The van der Waals surface area contributed by atoms with E-state index >= 15 is 0 Å². The molecule has 0 saturated carbocycles. The minimum Gasteiger partial charge on any atom is -0.406 e. The number of benzene rings is 1. The van der Waals surface area contributed by atoms with E-state index in [1.807, 2.05) is 0 Å². The van der Waals surface area contributed by atoms with Crippen LogP contribution in [0.5, 0.6) is 5.75 Å². The van der Waals surface area contributed by atoms with Crippen LogP contribution in [0.25, 0.3) is 0 Å². The average Bonchev–Trinajstić information content (AvgIpc) is 2.12. The largest absolute Gasteiger partial charge is 0.573 e. The van der Waals surface area contributed by atoms with Crippen LogP contribution in [0, 0.1) is 0 Å². The first-order chi connectivity index (χ1) is 7.31. The molecule has 0 atom stereocenters. The van der Waals surface area contributed by atoms with Crippen LogP contribution < -0.4 is 4.74 Å². The Morgan fingerprint density at radius 3 is 2.50 bits per heavy atom. The number of carbonyl (C=O) groups excluding carboxylic acids is 1. The van der Waals surface area contributed by atoms with Crippen LogP contribution in [0.3, 0.4) is 0 Å². The molecular formula is C9H5BrClF3O2. The molecular weight excluding hydrogens is 312 g/mol. The summed E-state index contributed by atoms with van der Waals surface area (Å²) in [5.74, 6) is -0.890. The molecule has 88 valence electrons. The number of rotatable bonds is 3. The summed E-state index contributed by atoms with van der Waals surface area (Å²) in [4.78, 5) is 11.2. The molecule has 0 bridgehead atoms. The van der Waals surface area contributed by atoms with Gasteiger partial charge in [-0.3, -0.25) is 4.79 Å². The molecule has 0 aliphatic carbocycles. The maximum Gasteiger partial charge on any atom is 0.573 e. The van der Waals surface area contributed by atoms with E-state index in [-0.39, 0.29) is 21.7 Å². The first kappa shape index (κ1) is 13.3. The van der Waals surface area contributed by atoms with Gasteiger partial charge in [0.25, 0.3) is 0 Å². The minimum atomic E-state index is -4.81. The Morgan fingerprint density at radius 2 is 2.00 bits per heavy atom. The lowest BCUT2D eigenvalue weighted by molar-refractivity contribution is -0.274. The molecule has 0 unspecified atom stereocenters. The second-order valence-corrected chi connectivity index (χ2v) is 3.78. The highest BCUT2D eigenvalue weighted by molar-refractivity contribution is 9.09. The van der Waals surface area contributed by atoms with Gasteiger partial charge < -0.3 is 4.74 Å². The van der Waals surface area contributed by atoms with Crippen LogP contribution in [-0.4, -0.2) is 17.5 Å². The van der Waals surface area contributed by atoms with Crippen molar-refractivity contribution in [3.63, 3.8) is 0 Å². The fraction of sp³-hybridized carbons (Fsp3) is 0.222. The average molecular weight is 317 g/mol. The molecule has 0 aliphatic heterocycles. The highest BCUT2D eigenvalue weighted by Gasteiger charge is 2.31. The van der Waals surface area contributed by atoms with Crippen molar-refractivity contribution in [3.05, 3.63) is 28.8 Å². The zero-order chi connectivity index (χ0) is 12.3. The second kappa shape index (κ2) is 5.05. The SMILES string of the molecule is O=C(CBr)c1cc(Cl)cc(OC(F)(F)F)c1. The maximum atomic E-state index is 11.9. The van der Waals surface area contributed by atoms with Gasteiger partial charge in [-0.05, 0) is 18.2 Å². The van der Waals surface area contributed by atoms with Gasteiger partial charge >= 0.3 is 6.36 Å². The molecule has 0 radical (unpaired) electrons. The third kappa shape index (κ3) is 4.02. The Bertz CT molecular complexity index is 406. The van der Waals surface area contributed by atoms with Crippen molar-refractivity contribution in [3.8, 4) is 5.75 Å². The number of alkyl halides is 4. The Labute approximate surface area is 102 Å². The molecule has 1 aromatic rings. The number of carbonyl (C=O) groups is 1. The van der Waals surface area contributed by atoms with E-state index in [2.05, 4.69) is 20.7 Å². The van der Waals surface area contributed by atoms with Crippen LogP contribution in [0.1, 0.15) is 10.4 Å². The standard InChI is InChI=1S/C9H5BrClF3O2/c10-4-8(15)5-1-6(11)3-7(2-5)16-9(12,13)14/h1-3H,4H2. The normalized spacial score (nSPS) is 11.3. The maximum absolute atomic E-state index is 11.9. The van der Waals surface area contributed by atoms with Gasteiger partial charge in [-0.25, -0.2) is 0 Å². The van der Waals surface area contributed by atoms with Gasteiger partial charge in [0.15, 0.2) is 5.78 Å². The van der Waals surface area contributed by atoms with Crippen molar-refractivity contribution in [1.82, 2.24) is 0 Å². The van der Waals surface area contributed by atoms with Crippen LogP contribution in [0.2, 0.25) is 5.02 Å². The van der Waals surface area contributed by atoms with Crippen molar-refractivity contribution in [2.45, 2.75) is 6.36 Å². The monoisotopic (exact) mass is 316 g/mol. The summed E-state index contributed by atoms with van der Waals surface area (Å²) in [6.07, 6.45) is -4.81. The predicted octanol–water partition coefficient (Wildman–Crippen LogP) is 3.82. The molecule has 1 aromatic carbocycles. The molecule has 0 heterocycles. The van der Waals surface area contributed by atoms with Gasteiger partial charge in [-0.1, -0.05) is 27.5 Å². The Kier molecular flexibility index (Phi) is 4.21. The molecule has 0 aromatic heterocycles. The van der Waals surface area contributed by atoms with E-state index < -0.39 is 12.1 Å². The zero-order valence-corrected chi connectivity index (χ0v) is 9.99. The zero-order valence-electron chi connectivity index (χ0n) is 7.65. The van der Waals surface area contributed by atoms with Gasteiger partial charge in [0.05, 0.1) is 5.33 Å². The summed E-state index contributed by atoms with van der Waals surface area (Å²) in [6, 6.07) is 3.25. The Hall–Kier alpha value is -0.750. The quantitative estimate of drug-likeness (QED) is 0.626. The third-order valence-electron chi connectivity index (χ3n) is 1.55. The molecule has 2 nitrogen and oxygen atoms in total. The third-order valence-corrected chi connectivity index (χ3v) is 2.28. The number of hydrogen-bond donors (Lipinski definition) is 0. The smallest absolute Gasteiger partial charge is 0.406 e. The number of ether oxygens (including phenoxy) is 1. The predicted molar refractivity (Wildman–Crippen MR) is 56.3 cm³/mol. The van der Waals surface area contributed by atoms with Gasteiger partial charge in [0, 0.05) is 10.6 Å². The van der Waals surface area contributed by atoms with E-state index in [0.29, 0.717) is 0 Å². The van der Waals surface area contributed by atoms with E-state index in [1.54, 1.807) is 0 Å². The highest BCUT2D eigenvalue weighted by atomic mass is 79.9. The molecule has 7 heteroatoms. The van der Waals surface area contributed by atoms with Gasteiger partial charge in [0.1, 0.15) is 5.75 Å². The summed E-state index contributed by atoms with van der Waals surface area (Å²) in [5, 5.41) is 0.00441. The first-order valence-electron chi connectivity index (χ1n) is 3.97. The fourth-order valence-corrected chi connectivity index (χ4v) is 1.54. The fourth-order valence-electron chi connectivity index (χ4n) is 0.993. The number of halogens is 5. The highest BCUT2D eigenvalue weighted by Crippen LogP contribution is 2.27. The van der Waals surface area contributed by atoms with Crippen LogP contribution >= 0.6 is 27.5 Å². The van der Waals surface area contributed by atoms with Crippen molar-refractivity contribution >= 4 is 33.3 Å².